The van der Waals surface area contributed by atoms with Crippen molar-refractivity contribution in [1.29, 1.82) is 0 Å². The minimum Gasteiger partial charge on any atom is -0.478 e. The Morgan fingerprint density at radius 1 is 0.952 bits per heavy atom. The summed E-state index contributed by atoms with van der Waals surface area (Å²) in [4.78, 5) is 31.0. The number of hydrogen-bond acceptors (Lipinski definition) is 5. The fourth-order valence-electron chi connectivity index (χ4n) is 1.82. The van der Waals surface area contributed by atoms with Crippen LogP contribution in [-0.2, 0) is 0 Å². The molecule has 0 amide bonds. The molecule has 0 radical (unpaired) electrons. The van der Waals surface area contributed by atoms with Gasteiger partial charge in [0, 0.05) is 6.07 Å². The van der Waals surface area contributed by atoms with Crippen LogP contribution in [0.4, 0.5) is 11.4 Å². The highest BCUT2D eigenvalue weighted by molar-refractivity contribution is 5.88. The van der Waals surface area contributed by atoms with E-state index in [1.54, 1.807) is 0 Å². The molecule has 106 valence electrons. The Bertz CT molecular complexity index is 739. The third-order valence-corrected chi connectivity index (χ3v) is 2.83. The second kappa shape index (κ2) is 5.37. The molecule has 0 heterocycles. The average molecular weight is 288 g/mol. The lowest BCUT2D eigenvalue weighted by atomic mass is 10.0. The number of nitro groups is 2. The fraction of sp³-hybridized carbons (Fsp3) is 0. The van der Waals surface area contributed by atoms with E-state index >= 15 is 0 Å². The molecule has 0 fully saturated rings. The lowest BCUT2D eigenvalue weighted by Gasteiger charge is -2.04. The van der Waals surface area contributed by atoms with Crippen LogP contribution in [0.5, 0.6) is 0 Å². The van der Waals surface area contributed by atoms with E-state index < -0.39 is 21.5 Å². The normalized spacial score (nSPS) is 10.1. The summed E-state index contributed by atoms with van der Waals surface area (Å²) in [6.45, 7) is 0. The third kappa shape index (κ3) is 2.84. The predicted octanol–water partition coefficient (Wildman–Crippen LogP) is 2.87. The van der Waals surface area contributed by atoms with Crippen LogP contribution in [0.1, 0.15) is 10.4 Å². The Hall–Kier alpha value is -3.29. The molecule has 0 aliphatic rings. The van der Waals surface area contributed by atoms with Gasteiger partial charge in [0.25, 0.3) is 11.4 Å². The molecule has 0 atom stereocenters. The van der Waals surface area contributed by atoms with Gasteiger partial charge >= 0.3 is 5.97 Å². The van der Waals surface area contributed by atoms with Gasteiger partial charge < -0.3 is 5.11 Å². The Balaban J connectivity index is 2.54. The van der Waals surface area contributed by atoms with Crippen LogP contribution in [0, 0.1) is 20.2 Å². The number of carbonyl (C=O) groups is 1. The number of nitrogens with zero attached hydrogens (tertiary/aromatic N) is 2. The van der Waals surface area contributed by atoms with Gasteiger partial charge in [-0.3, -0.25) is 20.2 Å². The summed E-state index contributed by atoms with van der Waals surface area (Å²) in [5, 5.41) is 30.5. The molecule has 0 bridgehead atoms. The van der Waals surface area contributed by atoms with Gasteiger partial charge in [0.05, 0.1) is 27.0 Å². The van der Waals surface area contributed by atoms with Crippen LogP contribution < -0.4 is 0 Å². The van der Waals surface area contributed by atoms with E-state index in [1.165, 1.54) is 30.3 Å². The number of carboxylic acids is 1. The van der Waals surface area contributed by atoms with Crippen molar-refractivity contribution >= 4 is 17.3 Å². The number of benzene rings is 2. The summed E-state index contributed by atoms with van der Waals surface area (Å²) in [5.41, 5.74) is -0.160. The monoisotopic (exact) mass is 288 g/mol. The van der Waals surface area contributed by atoms with Gasteiger partial charge in [-0.2, -0.15) is 0 Å². The van der Waals surface area contributed by atoms with E-state index in [2.05, 4.69) is 0 Å². The molecule has 1 N–H and O–H groups in total. The third-order valence-electron chi connectivity index (χ3n) is 2.83. The first kappa shape index (κ1) is 14.1. The zero-order valence-corrected chi connectivity index (χ0v) is 10.4. The maximum absolute atomic E-state index is 11.0. The zero-order chi connectivity index (χ0) is 15.6. The SMILES string of the molecule is O=C(O)c1ccc(-c2ccc([N+](=O)[O-])cc2[N+](=O)[O-])cc1. The first-order valence-corrected chi connectivity index (χ1v) is 5.66. The van der Waals surface area contributed by atoms with E-state index in [4.69, 9.17) is 5.11 Å². The number of aromatic carboxylic acids is 1. The summed E-state index contributed by atoms with van der Waals surface area (Å²) in [7, 11) is 0. The highest BCUT2D eigenvalue weighted by atomic mass is 16.6. The van der Waals surface area contributed by atoms with Gasteiger partial charge in [-0.25, -0.2) is 4.79 Å². The zero-order valence-electron chi connectivity index (χ0n) is 10.4. The summed E-state index contributed by atoms with van der Waals surface area (Å²) >= 11 is 0. The Morgan fingerprint density at radius 3 is 2.05 bits per heavy atom. The van der Waals surface area contributed by atoms with Crippen molar-refractivity contribution in [2.24, 2.45) is 0 Å². The lowest BCUT2D eigenvalue weighted by Crippen LogP contribution is -1.97. The quantitative estimate of drug-likeness (QED) is 0.681. The van der Waals surface area contributed by atoms with Gasteiger partial charge in [0.1, 0.15) is 0 Å². The van der Waals surface area contributed by atoms with Crippen molar-refractivity contribution < 1.29 is 19.7 Å². The minimum absolute atomic E-state index is 0.0447. The highest BCUT2D eigenvalue weighted by Gasteiger charge is 2.20. The molecule has 2 rings (SSSR count). The van der Waals surface area contributed by atoms with Crippen molar-refractivity contribution in [1.82, 2.24) is 0 Å². The summed E-state index contributed by atoms with van der Waals surface area (Å²) in [6.07, 6.45) is 0. The van der Waals surface area contributed by atoms with Gasteiger partial charge in [-0.1, -0.05) is 12.1 Å². The predicted molar refractivity (Wildman–Crippen MR) is 72.1 cm³/mol. The Kier molecular flexibility index (Phi) is 3.61. The van der Waals surface area contributed by atoms with Crippen LogP contribution in [0.25, 0.3) is 11.1 Å². The van der Waals surface area contributed by atoms with Crippen LogP contribution in [-0.4, -0.2) is 20.9 Å². The molecule has 0 aliphatic heterocycles. The van der Waals surface area contributed by atoms with E-state index in [0.717, 1.165) is 12.1 Å². The topological polar surface area (TPSA) is 124 Å². The van der Waals surface area contributed by atoms with Crippen molar-refractivity contribution in [2.75, 3.05) is 0 Å². The van der Waals surface area contributed by atoms with Crippen LogP contribution in [0.2, 0.25) is 0 Å². The molecule has 0 aliphatic carbocycles. The smallest absolute Gasteiger partial charge is 0.335 e. The van der Waals surface area contributed by atoms with E-state index in [-0.39, 0.29) is 16.8 Å². The maximum atomic E-state index is 11.0. The number of nitro benzene ring substituents is 2. The molecule has 8 nitrogen and oxygen atoms in total. The van der Waals surface area contributed by atoms with Crippen molar-refractivity contribution in [3.8, 4) is 11.1 Å². The molecule has 0 spiro atoms. The molecule has 21 heavy (non-hydrogen) atoms. The van der Waals surface area contributed by atoms with Crippen LogP contribution in [0.3, 0.4) is 0 Å². The Labute approximate surface area is 117 Å². The minimum atomic E-state index is -1.11. The van der Waals surface area contributed by atoms with E-state index in [1.807, 2.05) is 0 Å². The maximum Gasteiger partial charge on any atom is 0.335 e. The molecule has 0 aromatic heterocycles. The first-order chi connectivity index (χ1) is 9.90. The molecular formula is C13H8N2O6. The second-order valence-corrected chi connectivity index (χ2v) is 4.10. The molecule has 0 unspecified atom stereocenters. The average Bonchev–Trinajstić information content (AvgIpc) is 2.46. The van der Waals surface area contributed by atoms with E-state index in [9.17, 15) is 25.0 Å². The molecule has 0 saturated carbocycles. The Morgan fingerprint density at radius 2 is 1.57 bits per heavy atom. The molecular weight excluding hydrogens is 280 g/mol. The van der Waals surface area contributed by atoms with Crippen molar-refractivity contribution in [2.45, 2.75) is 0 Å². The summed E-state index contributed by atoms with van der Waals surface area (Å²) in [5.74, 6) is -1.11. The first-order valence-electron chi connectivity index (χ1n) is 5.66. The summed E-state index contributed by atoms with van der Waals surface area (Å²) in [6, 6.07) is 8.75. The molecule has 2 aromatic rings. The fourth-order valence-corrected chi connectivity index (χ4v) is 1.82. The highest BCUT2D eigenvalue weighted by Crippen LogP contribution is 2.33. The van der Waals surface area contributed by atoms with Gasteiger partial charge in [0.15, 0.2) is 0 Å². The lowest BCUT2D eigenvalue weighted by molar-refractivity contribution is -0.393. The van der Waals surface area contributed by atoms with Crippen LogP contribution in [0.15, 0.2) is 42.5 Å². The van der Waals surface area contributed by atoms with Crippen molar-refractivity contribution in [3.63, 3.8) is 0 Å². The van der Waals surface area contributed by atoms with Gasteiger partial charge in [-0.15, -0.1) is 0 Å². The number of non-ortho nitro benzene ring substituents is 1. The van der Waals surface area contributed by atoms with E-state index in [0.29, 0.717) is 5.56 Å². The molecule has 8 heteroatoms. The summed E-state index contributed by atoms with van der Waals surface area (Å²) < 4.78 is 0. The standard InChI is InChI=1S/C13H8N2O6/c16-13(17)9-3-1-8(2-4-9)11-6-5-10(14(18)19)7-12(11)15(20)21/h1-7H,(H,16,17). The van der Waals surface area contributed by atoms with Crippen molar-refractivity contribution in [3.05, 3.63) is 68.3 Å². The number of rotatable bonds is 4. The van der Waals surface area contributed by atoms with Gasteiger partial charge in [-0.05, 0) is 23.8 Å². The second-order valence-electron chi connectivity index (χ2n) is 4.10. The number of carboxylic acid groups (broad SMARTS) is 1. The molecule has 2 aromatic carbocycles. The van der Waals surface area contributed by atoms with Crippen LogP contribution >= 0.6 is 0 Å². The van der Waals surface area contributed by atoms with Gasteiger partial charge in [0.2, 0.25) is 0 Å². The largest absolute Gasteiger partial charge is 0.478 e. The number of hydrogen-bond donors (Lipinski definition) is 1. The molecule has 0 saturated heterocycles.